The van der Waals surface area contributed by atoms with Crippen molar-refractivity contribution < 1.29 is 50.0 Å². The molecule has 0 aliphatic carbocycles. The number of unbranched alkanes of at least 4 members (excludes halogenated alkanes) is 39. The fourth-order valence-corrected chi connectivity index (χ4v) is 10.3. The van der Waals surface area contributed by atoms with Gasteiger partial charge in [-0.15, -0.1) is 0 Å². The molecule has 0 aromatic carbocycles. The summed E-state index contributed by atoms with van der Waals surface area (Å²) in [5.74, 6) is -0.704. The van der Waals surface area contributed by atoms with Crippen LogP contribution in [0.3, 0.4) is 0 Å². The molecule has 1 amide bonds. The number of carbonyl (C=O) groups excluding carboxylic acids is 1. The zero-order valence-electron chi connectivity index (χ0n) is 48.1. The molecule has 0 aromatic heterocycles. The number of hydrogen-bond donors (Lipinski definition) is 8. The minimum absolute atomic E-state index is 0.253. The van der Waals surface area contributed by atoms with E-state index < -0.39 is 74.2 Å². The lowest BCUT2D eigenvalue weighted by molar-refractivity contribution is -0.303. The van der Waals surface area contributed by atoms with Crippen molar-refractivity contribution in [3.63, 3.8) is 0 Å². The Morgan fingerprint density at radius 2 is 0.797 bits per heavy atom. The fraction of sp³-hybridized carbons (Fsp3) is 0.921. The molecule has 438 valence electrons. The van der Waals surface area contributed by atoms with E-state index in [-0.39, 0.29) is 12.8 Å². The minimum atomic E-state index is -1.67. The maximum atomic E-state index is 13.2. The van der Waals surface area contributed by atoms with Crippen molar-refractivity contribution in [1.82, 2.24) is 5.32 Å². The first kappa shape index (κ1) is 70.6. The van der Waals surface area contributed by atoms with Crippen molar-refractivity contribution >= 4 is 5.91 Å². The van der Waals surface area contributed by atoms with Gasteiger partial charge in [0, 0.05) is 0 Å². The Kier molecular flexibility index (Phi) is 49.9. The first-order valence-corrected chi connectivity index (χ1v) is 31.7. The lowest BCUT2D eigenvalue weighted by Gasteiger charge is -2.40. The fourth-order valence-electron chi connectivity index (χ4n) is 10.3. The monoisotopic (exact) mass is 1050 g/mol. The van der Waals surface area contributed by atoms with Gasteiger partial charge in [-0.1, -0.05) is 263 Å². The Hall–Kier alpha value is -1.41. The molecule has 11 nitrogen and oxygen atoms in total. The Morgan fingerprint density at radius 1 is 0.459 bits per heavy atom. The zero-order chi connectivity index (χ0) is 54.0. The van der Waals surface area contributed by atoms with Gasteiger partial charge in [0.2, 0.25) is 5.91 Å². The molecular formula is C63H121NO10. The van der Waals surface area contributed by atoms with Crippen LogP contribution in [0.25, 0.3) is 0 Å². The van der Waals surface area contributed by atoms with Gasteiger partial charge in [-0.3, -0.25) is 4.79 Å². The van der Waals surface area contributed by atoms with Crippen molar-refractivity contribution in [1.29, 1.82) is 0 Å². The zero-order valence-corrected chi connectivity index (χ0v) is 48.1. The van der Waals surface area contributed by atoms with Crippen molar-refractivity contribution in [2.45, 2.75) is 358 Å². The highest BCUT2D eigenvalue weighted by Gasteiger charge is 2.44. The number of aliphatic hydroxyl groups excluding tert-OH is 7. The van der Waals surface area contributed by atoms with Gasteiger partial charge in [-0.25, -0.2) is 0 Å². The van der Waals surface area contributed by atoms with Crippen molar-refractivity contribution in [2.75, 3.05) is 13.2 Å². The molecule has 74 heavy (non-hydrogen) atoms. The van der Waals surface area contributed by atoms with Crippen LogP contribution >= 0.6 is 0 Å². The number of ether oxygens (including phenoxy) is 2. The first-order chi connectivity index (χ1) is 36.2. The van der Waals surface area contributed by atoms with E-state index in [1.807, 2.05) is 0 Å². The normalized spacial score (nSPS) is 19.9. The summed E-state index contributed by atoms with van der Waals surface area (Å²) < 4.78 is 11.2. The SMILES string of the molecule is CCCCCCCCCCCCCC/C=C\CCCCCCCCCCCC(O)C(=O)NC(COC1OC(CO)C(O)C(O)C1O)C(O)C(O)CCC/C=C/CCCCCCCCCCCCCCCCCCC. The van der Waals surface area contributed by atoms with E-state index in [0.29, 0.717) is 12.8 Å². The molecule has 0 bridgehead atoms. The summed E-state index contributed by atoms with van der Waals surface area (Å²) in [5.41, 5.74) is 0. The molecular weight excluding hydrogens is 931 g/mol. The van der Waals surface area contributed by atoms with Crippen LogP contribution in [0.4, 0.5) is 0 Å². The van der Waals surface area contributed by atoms with Crippen molar-refractivity contribution in [3.05, 3.63) is 24.3 Å². The summed E-state index contributed by atoms with van der Waals surface area (Å²) >= 11 is 0. The molecule has 0 spiro atoms. The van der Waals surface area contributed by atoms with Crippen LogP contribution in [0.2, 0.25) is 0 Å². The second-order valence-corrected chi connectivity index (χ2v) is 22.5. The number of carbonyl (C=O) groups is 1. The molecule has 0 aromatic rings. The lowest BCUT2D eigenvalue weighted by Crippen LogP contribution is -2.60. The average Bonchev–Trinajstić information content (AvgIpc) is 3.40. The predicted octanol–water partition coefficient (Wildman–Crippen LogP) is 14.1. The summed E-state index contributed by atoms with van der Waals surface area (Å²) in [7, 11) is 0. The molecule has 1 aliphatic rings. The van der Waals surface area contributed by atoms with Crippen LogP contribution < -0.4 is 5.32 Å². The number of nitrogens with one attached hydrogen (secondary N) is 1. The maximum absolute atomic E-state index is 13.2. The molecule has 9 unspecified atom stereocenters. The highest BCUT2D eigenvalue weighted by molar-refractivity contribution is 5.80. The van der Waals surface area contributed by atoms with Gasteiger partial charge >= 0.3 is 0 Å². The van der Waals surface area contributed by atoms with Crippen LogP contribution in [0, 0.1) is 0 Å². The predicted molar refractivity (Wildman–Crippen MR) is 307 cm³/mol. The third-order valence-corrected chi connectivity index (χ3v) is 15.5. The quantitative estimate of drug-likeness (QED) is 0.0215. The van der Waals surface area contributed by atoms with Gasteiger partial charge in [0.1, 0.15) is 36.6 Å². The number of amides is 1. The Morgan fingerprint density at radius 3 is 1.16 bits per heavy atom. The maximum Gasteiger partial charge on any atom is 0.249 e. The van der Waals surface area contributed by atoms with Crippen LogP contribution in [-0.2, 0) is 14.3 Å². The first-order valence-electron chi connectivity index (χ1n) is 31.7. The van der Waals surface area contributed by atoms with Gasteiger partial charge in [0.05, 0.1) is 25.4 Å². The molecule has 1 fully saturated rings. The third kappa shape index (κ3) is 39.9. The second-order valence-electron chi connectivity index (χ2n) is 22.5. The van der Waals surface area contributed by atoms with Gasteiger partial charge in [0.25, 0.3) is 0 Å². The van der Waals surface area contributed by atoms with Crippen molar-refractivity contribution in [3.8, 4) is 0 Å². The van der Waals surface area contributed by atoms with Gasteiger partial charge in [-0.05, 0) is 64.2 Å². The van der Waals surface area contributed by atoms with E-state index in [2.05, 4.69) is 43.5 Å². The summed E-state index contributed by atoms with van der Waals surface area (Å²) in [4.78, 5) is 13.2. The van der Waals surface area contributed by atoms with E-state index in [4.69, 9.17) is 9.47 Å². The molecule has 1 rings (SSSR count). The molecule has 0 radical (unpaired) electrons. The van der Waals surface area contributed by atoms with E-state index in [1.165, 1.54) is 225 Å². The largest absolute Gasteiger partial charge is 0.394 e. The van der Waals surface area contributed by atoms with Gasteiger partial charge in [0.15, 0.2) is 6.29 Å². The Labute approximate surface area is 454 Å². The summed E-state index contributed by atoms with van der Waals surface area (Å²) in [5, 5.41) is 76.3. The Bertz CT molecular complexity index is 1250. The van der Waals surface area contributed by atoms with Crippen LogP contribution in [0.15, 0.2) is 24.3 Å². The van der Waals surface area contributed by atoms with Gasteiger partial charge in [-0.2, -0.15) is 0 Å². The molecule has 1 heterocycles. The number of hydrogen-bond acceptors (Lipinski definition) is 10. The molecule has 1 aliphatic heterocycles. The standard InChI is InChI=1S/C63H121NO10/c1-3-5-7-9-11-13-15-17-19-21-23-25-27-28-29-31-33-35-37-39-41-43-45-47-49-51-56(67)62(72)64-54(53-73-63-61(71)60(70)59(69)57(52-65)74-63)58(68)55(66)50-48-46-44-42-40-38-36-34-32-30-26-24-22-20-18-16-14-12-10-8-6-4-2/h28-29,42,44,54-61,63,65-71H,3-27,30-41,43,45-53H2,1-2H3,(H,64,72)/b29-28-,44-42+. The number of rotatable bonds is 55. The van der Waals surface area contributed by atoms with Gasteiger partial charge < -0.3 is 50.5 Å². The second kappa shape index (κ2) is 52.3. The van der Waals surface area contributed by atoms with Crippen molar-refractivity contribution in [2.24, 2.45) is 0 Å². The number of allylic oxidation sites excluding steroid dienone is 4. The average molecular weight is 1050 g/mol. The molecule has 8 N–H and O–H groups in total. The third-order valence-electron chi connectivity index (χ3n) is 15.5. The topological polar surface area (TPSA) is 189 Å². The van der Waals surface area contributed by atoms with E-state index in [0.717, 1.165) is 38.5 Å². The van der Waals surface area contributed by atoms with Crippen LogP contribution in [0.1, 0.15) is 303 Å². The molecule has 1 saturated heterocycles. The summed E-state index contributed by atoms with van der Waals surface area (Å²) in [6, 6.07) is -1.19. The number of aliphatic hydroxyl groups is 7. The lowest BCUT2D eigenvalue weighted by atomic mass is 9.98. The molecule has 9 atom stereocenters. The molecule has 11 heteroatoms. The molecule has 0 saturated carbocycles. The van der Waals surface area contributed by atoms with E-state index in [9.17, 15) is 40.5 Å². The summed E-state index contributed by atoms with van der Waals surface area (Å²) in [6.45, 7) is 3.49. The minimum Gasteiger partial charge on any atom is -0.394 e. The van der Waals surface area contributed by atoms with Crippen LogP contribution in [0.5, 0.6) is 0 Å². The van der Waals surface area contributed by atoms with E-state index >= 15 is 0 Å². The van der Waals surface area contributed by atoms with E-state index in [1.54, 1.807) is 0 Å². The smallest absolute Gasteiger partial charge is 0.249 e. The highest BCUT2D eigenvalue weighted by Crippen LogP contribution is 2.24. The van der Waals surface area contributed by atoms with Crippen LogP contribution in [-0.4, -0.2) is 110 Å². The summed E-state index contributed by atoms with van der Waals surface area (Å²) in [6.07, 6.45) is 52.4. The highest BCUT2D eigenvalue weighted by atomic mass is 16.7. The Balaban J connectivity index is 2.28.